The highest BCUT2D eigenvalue weighted by Crippen LogP contribution is 2.24. The van der Waals surface area contributed by atoms with Crippen LogP contribution in [0.1, 0.15) is 29.8 Å². The van der Waals surface area contributed by atoms with Gasteiger partial charge >= 0.3 is 0 Å². The Morgan fingerprint density at radius 2 is 1.86 bits per heavy atom. The number of nitrogens with zero attached hydrogens (tertiary/aromatic N) is 1. The van der Waals surface area contributed by atoms with Crippen molar-refractivity contribution in [1.29, 1.82) is 0 Å². The summed E-state index contributed by atoms with van der Waals surface area (Å²) in [5, 5.41) is 0. The predicted octanol–water partition coefficient (Wildman–Crippen LogP) is 2.78. The fourth-order valence-corrected chi connectivity index (χ4v) is 2.37. The molecule has 0 spiro atoms. The number of nitrogen functional groups attached to an aromatic ring is 1. The smallest absolute Gasteiger partial charge is 0.250 e. The monoisotopic (exact) mass is 283 g/mol. The van der Waals surface area contributed by atoms with Crippen molar-refractivity contribution in [2.24, 2.45) is 5.73 Å². The van der Waals surface area contributed by atoms with Gasteiger partial charge in [0.25, 0.3) is 5.91 Å². The van der Waals surface area contributed by atoms with Crippen molar-refractivity contribution in [1.82, 2.24) is 0 Å². The van der Waals surface area contributed by atoms with E-state index in [1.54, 1.807) is 6.07 Å². The Hall–Kier alpha value is -2.49. The number of carbonyl (C=O) groups excluding carboxylic acids is 1. The standard InChI is InChI=1S/C17H21N3O/c1-12(2)20(11-13-6-5-7-14(18)10-13)16-9-4-3-8-15(16)17(19)21/h3-10,12H,11,18H2,1-2H3,(H2,19,21). The molecule has 0 aliphatic carbocycles. The van der Waals surface area contributed by atoms with E-state index in [1.165, 1.54) is 0 Å². The third-order valence-corrected chi connectivity index (χ3v) is 3.41. The van der Waals surface area contributed by atoms with Crippen LogP contribution in [0.15, 0.2) is 48.5 Å². The molecule has 0 unspecified atom stereocenters. The maximum absolute atomic E-state index is 11.6. The number of hydrogen-bond donors (Lipinski definition) is 2. The molecular formula is C17H21N3O. The maximum Gasteiger partial charge on any atom is 0.250 e. The lowest BCUT2D eigenvalue weighted by Crippen LogP contribution is -2.32. The minimum Gasteiger partial charge on any atom is -0.399 e. The SMILES string of the molecule is CC(C)N(Cc1cccc(N)c1)c1ccccc1C(N)=O. The van der Waals surface area contributed by atoms with E-state index in [0.717, 1.165) is 16.9 Å². The predicted molar refractivity (Wildman–Crippen MR) is 87.1 cm³/mol. The molecule has 0 saturated carbocycles. The fraction of sp³-hybridized carbons (Fsp3) is 0.235. The molecule has 0 saturated heterocycles. The van der Waals surface area contributed by atoms with Gasteiger partial charge in [0.1, 0.15) is 0 Å². The van der Waals surface area contributed by atoms with Crippen LogP contribution in [0.2, 0.25) is 0 Å². The third-order valence-electron chi connectivity index (χ3n) is 3.41. The number of rotatable bonds is 5. The Kier molecular flexibility index (Phi) is 4.48. The first kappa shape index (κ1) is 14.9. The molecule has 0 aliphatic rings. The second-order valence-corrected chi connectivity index (χ2v) is 5.35. The van der Waals surface area contributed by atoms with E-state index < -0.39 is 5.91 Å². The van der Waals surface area contributed by atoms with Crippen molar-refractivity contribution in [2.45, 2.75) is 26.4 Å². The summed E-state index contributed by atoms with van der Waals surface area (Å²) in [6.07, 6.45) is 0. The topological polar surface area (TPSA) is 72.3 Å². The molecule has 4 heteroatoms. The highest BCUT2D eigenvalue weighted by molar-refractivity contribution is 5.98. The number of anilines is 2. The van der Waals surface area contributed by atoms with Crippen molar-refractivity contribution >= 4 is 17.3 Å². The van der Waals surface area contributed by atoms with E-state index in [0.29, 0.717) is 12.1 Å². The second kappa shape index (κ2) is 6.31. The fourth-order valence-electron chi connectivity index (χ4n) is 2.37. The van der Waals surface area contributed by atoms with Gasteiger partial charge in [-0.15, -0.1) is 0 Å². The number of para-hydroxylation sites is 1. The average molecular weight is 283 g/mol. The zero-order chi connectivity index (χ0) is 15.4. The Balaban J connectivity index is 2.38. The summed E-state index contributed by atoms with van der Waals surface area (Å²) in [6, 6.07) is 15.4. The molecule has 4 N–H and O–H groups in total. The minimum absolute atomic E-state index is 0.229. The Morgan fingerprint density at radius 1 is 1.14 bits per heavy atom. The molecule has 2 aromatic carbocycles. The van der Waals surface area contributed by atoms with Crippen LogP contribution in [-0.2, 0) is 6.54 Å². The zero-order valence-corrected chi connectivity index (χ0v) is 12.4. The lowest BCUT2D eigenvalue weighted by atomic mass is 10.1. The Bertz CT molecular complexity index is 637. The van der Waals surface area contributed by atoms with E-state index in [2.05, 4.69) is 18.7 Å². The first-order valence-corrected chi connectivity index (χ1v) is 6.99. The van der Waals surface area contributed by atoms with Gasteiger partial charge in [-0.3, -0.25) is 4.79 Å². The molecule has 21 heavy (non-hydrogen) atoms. The van der Waals surface area contributed by atoms with Gasteiger partial charge in [-0.1, -0.05) is 24.3 Å². The summed E-state index contributed by atoms with van der Waals surface area (Å²) in [6.45, 7) is 4.85. The summed E-state index contributed by atoms with van der Waals surface area (Å²) in [4.78, 5) is 13.8. The molecule has 0 heterocycles. The molecule has 0 bridgehead atoms. The van der Waals surface area contributed by atoms with E-state index in [-0.39, 0.29) is 6.04 Å². The normalized spacial score (nSPS) is 10.6. The molecule has 0 atom stereocenters. The summed E-state index contributed by atoms with van der Waals surface area (Å²) >= 11 is 0. The molecule has 110 valence electrons. The zero-order valence-electron chi connectivity index (χ0n) is 12.4. The van der Waals surface area contributed by atoms with Crippen molar-refractivity contribution in [3.05, 3.63) is 59.7 Å². The Labute approximate surface area is 125 Å². The number of hydrogen-bond acceptors (Lipinski definition) is 3. The number of nitrogens with two attached hydrogens (primary N) is 2. The maximum atomic E-state index is 11.6. The van der Waals surface area contributed by atoms with E-state index >= 15 is 0 Å². The molecule has 0 radical (unpaired) electrons. The van der Waals surface area contributed by atoms with Crippen LogP contribution in [0.5, 0.6) is 0 Å². The van der Waals surface area contributed by atoms with Crippen molar-refractivity contribution in [3.8, 4) is 0 Å². The summed E-state index contributed by atoms with van der Waals surface area (Å²) < 4.78 is 0. The first-order chi connectivity index (χ1) is 9.99. The third kappa shape index (κ3) is 3.54. The van der Waals surface area contributed by atoms with Crippen LogP contribution in [0.4, 0.5) is 11.4 Å². The summed E-state index contributed by atoms with van der Waals surface area (Å²) in [7, 11) is 0. The lowest BCUT2D eigenvalue weighted by Gasteiger charge is -2.30. The number of primary amides is 1. The molecule has 2 aromatic rings. The second-order valence-electron chi connectivity index (χ2n) is 5.35. The van der Waals surface area contributed by atoms with Crippen LogP contribution in [-0.4, -0.2) is 11.9 Å². The van der Waals surface area contributed by atoms with Gasteiger partial charge in [0.2, 0.25) is 0 Å². The van der Waals surface area contributed by atoms with Crippen molar-refractivity contribution < 1.29 is 4.79 Å². The number of amides is 1. The van der Waals surface area contributed by atoms with E-state index in [4.69, 9.17) is 11.5 Å². The summed E-state index contributed by atoms with van der Waals surface area (Å²) in [5.74, 6) is -0.413. The molecular weight excluding hydrogens is 262 g/mol. The van der Waals surface area contributed by atoms with Crippen LogP contribution in [0.25, 0.3) is 0 Å². The van der Waals surface area contributed by atoms with Gasteiger partial charge in [0, 0.05) is 18.3 Å². The number of benzene rings is 2. The van der Waals surface area contributed by atoms with Gasteiger partial charge in [-0.2, -0.15) is 0 Å². The van der Waals surface area contributed by atoms with Crippen molar-refractivity contribution in [3.63, 3.8) is 0 Å². The minimum atomic E-state index is -0.413. The molecule has 4 nitrogen and oxygen atoms in total. The van der Waals surface area contributed by atoms with Crippen LogP contribution < -0.4 is 16.4 Å². The summed E-state index contributed by atoms with van der Waals surface area (Å²) in [5.41, 5.74) is 14.5. The lowest BCUT2D eigenvalue weighted by molar-refractivity contribution is 0.100. The number of carbonyl (C=O) groups is 1. The van der Waals surface area contributed by atoms with Crippen LogP contribution >= 0.6 is 0 Å². The van der Waals surface area contributed by atoms with Gasteiger partial charge in [0.15, 0.2) is 0 Å². The van der Waals surface area contributed by atoms with E-state index in [1.807, 2.05) is 42.5 Å². The average Bonchev–Trinajstić information content (AvgIpc) is 2.44. The largest absolute Gasteiger partial charge is 0.399 e. The van der Waals surface area contributed by atoms with Gasteiger partial charge in [-0.25, -0.2) is 0 Å². The van der Waals surface area contributed by atoms with Gasteiger partial charge in [-0.05, 0) is 43.7 Å². The highest BCUT2D eigenvalue weighted by Gasteiger charge is 2.17. The Morgan fingerprint density at radius 3 is 2.48 bits per heavy atom. The van der Waals surface area contributed by atoms with E-state index in [9.17, 15) is 4.79 Å². The van der Waals surface area contributed by atoms with Gasteiger partial charge < -0.3 is 16.4 Å². The van der Waals surface area contributed by atoms with Crippen molar-refractivity contribution in [2.75, 3.05) is 10.6 Å². The van der Waals surface area contributed by atoms with Crippen LogP contribution in [0, 0.1) is 0 Å². The molecule has 0 fully saturated rings. The highest BCUT2D eigenvalue weighted by atomic mass is 16.1. The quantitative estimate of drug-likeness (QED) is 0.829. The first-order valence-electron chi connectivity index (χ1n) is 6.99. The van der Waals surface area contributed by atoms with Crippen LogP contribution in [0.3, 0.4) is 0 Å². The molecule has 0 aromatic heterocycles. The molecule has 2 rings (SSSR count). The molecule has 1 amide bonds. The van der Waals surface area contributed by atoms with Gasteiger partial charge in [0.05, 0.1) is 11.3 Å². The molecule has 0 aliphatic heterocycles.